The van der Waals surface area contributed by atoms with Crippen molar-refractivity contribution in [3.63, 3.8) is 0 Å². The summed E-state index contributed by atoms with van der Waals surface area (Å²) in [6.07, 6.45) is 10.2. The largest absolute Gasteiger partial charge is 0.0879 e. The molecule has 11 heavy (non-hydrogen) atoms. The van der Waals surface area contributed by atoms with E-state index in [4.69, 9.17) is 0 Å². The second-order valence-corrected chi connectivity index (χ2v) is 4.32. The van der Waals surface area contributed by atoms with Gasteiger partial charge >= 0.3 is 0 Å². The zero-order chi connectivity index (χ0) is 7.42. The molecule has 58 valence electrons. The molecule has 1 saturated carbocycles. The summed E-state index contributed by atoms with van der Waals surface area (Å²) in [6, 6.07) is 0. The van der Waals surface area contributed by atoms with Crippen LogP contribution < -0.4 is 0 Å². The first-order chi connectivity index (χ1) is 5.36. The average molecular weight is 146 g/mol. The van der Waals surface area contributed by atoms with Gasteiger partial charge in [-0.15, -0.1) is 0 Å². The van der Waals surface area contributed by atoms with Crippen LogP contribution in [0.3, 0.4) is 0 Å². The molecule has 0 N–H and O–H groups in total. The van der Waals surface area contributed by atoms with Crippen LogP contribution in [0, 0.1) is 23.7 Å². The van der Waals surface area contributed by atoms with Gasteiger partial charge in [-0.05, 0) is 43.4 Å². The fraction of sp³-hybridized carbons (Fsp3) is 0.636. The summed E-state index contributed by atoms with van der Waals surface area (Å²) in [4.78, 5) is 0. The maximum absolute atomic E-state index is 2.52. The zero-order valence-corrected chi connectivity index (χ0v) is 6.96. The van der Waals surface area contributed by atoms with Crippen LogP contribution in [0.5, 0.6) is 0 Å². The van der Waals surface area contributed by atoms with Crippen LogP contribution in [0.4, 0.5) is 0 Å². The van der Waals surface area contributed by atoms with Crippen molar-refractivity contribution >= 4 is 0 Å². The van der Waals surface area contributed by atoms with Gasteiger partial charge in [-0.25, -0.2) is 0 Å². The van der Waals surface area contributed by atoms with Crippen LogP contribution in [0.25, 0.3) is 0 Å². The number of rotatable bonds is 0. The highest BCUT2D eigenvalue weighted by Gasteiger charge is 2.46. The molecule has 3 rings (SSSR count). The predicted octanol–water partition coefficient (Wildman–Crippen LogP) is 2.77. The Morgan fingerprint density at radius 2 is 2.36 bits per heavy atom. The second-order valence-electron chi connectivity index (χ2n) is 4.32. The average Bonchev–Trinajstić information content (AvgIpc) is 2.52. The Balaban J connectivity index is 2.03. The van der Waals surface area contributed by atoms with E-state index in [1.807, 2.05) is 0 Å². The van der Waals surface area contributed by atoms with E-state index in [0.717, 1.165) is 23.7 Å². The summed E-state index contributed by atoms with van der Waals surface area (Å²) in [5.74, 6) is 3.82. The molecule has 0 aromatic rings. The Kier molecular flexibility index (Phi) is 0.988. The molecule has 2 unspecified atom stereocenters. The molecule has 0 spiro atoms. The van der Waals surface area contributed by atoms with Gasteiger partial charge in [0, 0.05) is 0 Å². The highest BCUT2D eigenvalue weighted by Crippen LogP contribution is 2.55. The van der Waals surface area contributed by atoms with Crippen LogP contribution in [0.15, 0.2) is 23.8 Å². The molecular weight excluding hydrogens is 132 g/mol. The molecule has 2 bridgehead atoms. The molecule has 0 aromatic carbocycles. The van der Waals surface area contributed by atoms with Crippen molar-refractivity contribution in [1.82, 2.24) is 0 Å². The SMILES string of the molecule is CC1=C[C@H]2C[C@@H]1C1CC=CC12. The van der Waals surface area contributed by atoms with Gasteiger partial charge in [-0.1, -0.05) is 23.8 Å². The molecule has 0 heteroatoms. The first-order valence-corrected chi connectivity index (χ1v) is 4.71. The van der Waals surface area contributed by atoms with Gasteiger partial charge < -0.3 is 0 Å². The maximum atomic E-state index is 2.52. The topological polar surface area (TPSA) is 0 Å². The van der Waals surface area contributed by atoms with Gasteiger partial charge in [0.15, 0.2) is 0 Å². The lowest BCUT2D eigenvalue weighted by Crippen LogP contribution is -2.15. The van der Waals surface area contributed by atoms with Crippen LogP contribution in [-0.4, -0.2) is 0 Å². The van der Waals surface area contributed by atoms with Crippen molar-refractivity contribution < 1.29 is 0 Å². The van der Waals surface area contributed by atoms with E-state index < -0.39 is 0 Å². The third-order valence-corrected chi connectivity index (χ3v) is 3.86. The lowest BCUT2D eigenvalue weighted by molar-refractivity contribution is 0.384. The van der Waals surface area contributed by atoms with E-state index >= 15 is 0 Å². The van der Waals surface area contributed by atoms with Gasteiger partial charge in [0.25, 0.3) is 0 Å². The number of hydrogen-bond acceptors (Lipinski definition) is 0. The van der Waals surface area contributed by atoms with Gasteiger partial charge in [0.05, 0.1) is 0 Å². The molecule has 3 aliphatic rings. The lowest BCUT2D eigenvalue weighted by Gasteiger charge is -2.22. The molecule has 0 amide bonds. The molecule has 0 saturated heterocycles. The van der Waals surface area contributed by atoms with Gasteiger partial charge in [0.1, 0.15) is 0 Å². The van der Waals surface area contributed by atoms with Crippen LogP contribution in [0.2, 0.25) is 0 Å². The van der Waals surface area contributed by atoms with E-state index in [1.54, 1.807) is 5.57 Å². The highest BCUT2D eigenvalue weighted by molar-refractivity contribution is 5.27. The summed E-state index contributed by atoms with van der Waals surface area (Å²) < 4.78 is 0. The Morgan fingerprint density at radius 3 is 3.27 bits per heavy atom. The van der Waals surface area contributed by atoms with E-state index in [0.29, 0.717) is 0 Å². The molecule has 0 aliphatic heterocycles. The van der Waals surface area contributed by atoms with Gasteiger partial charge in [-0.2, -0.15) is 0 Å². The summed E-state index contributed by atoms with van der Waals surface area (Å²) in [6.45, 7) is 2.32. The second kappa shape index (κ2) is 1.80. The maximum Gasteiger partial charge on any atom is -0.0133 e. The normalized spacial score (nSPS) is 51.5. The standard InChI is InChI=1S/C11H14/c1-7-5-8-6-11(7)10-4-2-3-9(8)10/h2-3,5,8-11H,4,6H2,1H3/t8-,9?,10?,11-/m0/s1. The molecule has 0 nitrogen and oxygen atoms in total. The van der Waals surface area contributed by atoms with Crippen molar-refractivity contribution in [1.29, 1.82) is 0 Å². The van der Waals surface area contributed by atoms with E-state index in [2.05, 4.69) is 25.2 Å². The predicted molar refractivity (Wildman–Crippen MR) is 46.1 cm³/mol. The Bertz CT molecular complexity index is 247. The summed E-state index contributed by atoms with van der Waals surface area (Å²) in [5.41, 5.74) is 1.68. The van der Waals surface area contributed by atoms with Crippen molar-refractivity contribution in [3.05, 3.63) is 23.8 Å². The molecule has 1 fully saturated rings. The monoisotopic (exact) mass is 146 g/mol. The summed E-state index contributed by atoms with van der Waals surface area (Å²) in [5, 5.41) is 0. The smallest absolute Gasteiger partial charge is 0.0133 e. The van der Waals surface area contributed by atoms with Crippen molar-refractivity contribution in [2.24, 2.45) is 23.7 Å². The Labute approximate surface area is 68.0 Å². The van der Waals surface area contributed by atoms with E-state index in [-0.39, 0.29) is 0 Å². The molecule has 0 heterocycles. The minimum Gasteiger partial charge on any atom is -0.0879 e. The summed E-state index contributed by atoms with van der Waals surface area (Å²) in [7, 11) is 0. The molecule has 4 atom stereocenters. The Morgan fingerprint density at radius 1 is 1.45 bits per heavy atom. The number of allylic oxidation sites excluding steroid dienone is 4. The number of fused-ring (bicyclic) bond motifs is 5. The minimum atomic E-state index is 0.920. The van der Waals surface area contributed by atoms with E-state index in [9.17, 15) is 0 Å². The summed E-state index contributed by atoms with van der Waals surface area (Å²) >= 11 is 0. The quantitative estimate of drug-likeness (QED) is 0.461. The lowest BCUT2D eigenvalue weighted by atomic mass is 9.82. The van der Waals surface area contributed by atoms with Crippen molar-refractivity contribution in [3.8, 4) is 0 Å². The molecule has 0 aromatic heterocycles. The van der Waals surface area contributed by atoms with Gasteiger partial charge in [-0.3, -0.25) is 0 Å². The fourth-order valence-corrected chi connectivity index (χ4v) is 3.37. The first kappa shape index (κ1) is 6.05. The van der Waals surface area contributed by atoms with Crippen LogP contribution in [-0.2, 0) is 0 Å². The van der Waals surface area contributed by atoms with E-state index in [1.165, 1.54) is 12.8 Å². The number of hydrogen-bond donors (Lipinski definition) is 0. The van der Waals surface area contributed by atoms with Crippen LogP contribution in [0.1, 0.15) is 19.8 Å². The highest BCUT2D eigenvalue weighted by atomic mass is 14.5. The molecular formula is C11H14. The van der Waals surface area contributed by atoms with Gasteiger partial charge in [0.2, 0.25) is 0 Å². The third-order valence-electron chi connectivity index (χ3n) is 3.86. The van der Waals surface area contributed by atoms with Crippen molar-refractivity contribution in [2.45, 2.75) is 19.8 Å². The fourth-order valence-electron chi connectivity index (χ4n) is 3.37. The third kappa shape index (κ3) is 0.610. The molecule has 0 radical (unpaired) electrons. The first-order valence-electron chi connectivity index (χ1n) is 4.71. The van der Waals surface area contributed by atoms with Crippen molar-refractivity contribution in [2.75, 3.05) is 0 Å². The minimum absolute atomic E-state index is 0.920. The Hall–Kier alpha value is -0.520. The molecule has 3 aliphatic carbocycles. The zero-order valence-electron chi connectivity index (χ0n) is 6.96. The van der Waals surface area contributed by atoms with Crippen LogP contribution >= 0.6 is 0 Å².